The van der Waals surface area contributed by atoms with Crippen LogP contribution in [0.25, 0.3) is 11.0 Å². The Morgan fingerprint density at radius 1 is 1.37 bits per heavy atom. The molecule has 0 radical (unpaired) electrons. The predicted molar refractivity (Wildman–Crippen MR) is 75.4 cm³/mol. The Morgan fingerprint density at radius 2 is 2.16 bits per heavy atom. The quantitative estimate of drug-likeness (QED) is 0.846. The number of aromatic nitrogens is 3. The number of hydrogen-bond donors (Lipinski definition) is 0. The van der Waals surface area contributed by atoms with Gasteiger partial charge in [-0.05, 0) is 25.8 Å². The van der Waals surface area contributed by atoms with Crippen molar-refractivity contribution in [2.45, 2.75) is 25.9 Å². The predicted octanol–water partition coefficient (Wildman–Crippen LogP) is 1.97. The third-order valence-corrected chi connectivity index (χ3v) is 3.79. The van der Waals surface area contributed by atoms with Gasteiger partial charge in [-0.25, -0.2) is 4.98 Å². The summed E-state index contributed by atoms with van der Waals surface area (Å²) >= 11 is 0. The van der Waals surface area contributed by atoms with Gasteiger partial charge in [-0.15, -0.1) is 0 Å². The third-order valence-electron chi connectivity index (χ3n) is 3.79. The summed E-state index contributed by atoms with van der Waals surface area (Å²) in [5, 5.41) is 0. The van der Waals surface area contributed by atoms with E-state index < -0.39 is 0 Å². The number of pyridine rings is 1. The van der Waals surface area contributed by atoms with Crippen LogP contribution < -0.4 is 4.90 Å². The van der Waals surface area contributed by atoms with Crippen LogP contribution in [0.4, 0.5) is 5.95 Å². The van der Waals surface area contributed by atoms with E-state index in [0.29, 0.717) is 6.10 Å². The second kappa shape index (κ2) is 5.17. The molecule has 1 fully saturated rings. The largest absolute Gasteiger partial charge is 0.378 e. The van der Waals surface area contributed by atoms with Crippen LogP contribution in [0.3, 0.4) is 0 Å². The van der Waals surface area contributed by atoms with Gasteiger partial charge in [0.25, 0.3) is 0 Å². The first-order valence-corrected chi connectivity index (χ1v) is 6.92. The Kier molecular flexibility index (Phi) is 3.38. The first kappa shape index (κ1) is 12.4. The molecule has 0 aromatic carbocycles. The van der Waals surface area contributed by atoms with E-state index in [9.17, 15) is 0 Å². The van der Waals surface area contributed by atoms with Gasteiger partial charge in [0.2, 0.25) is 5.95 Å². The lowest BCUT2D eigenvalue weighted by Crippen LogP contribution is -2.38. The fourth-order valence-corrected chi connectivity index (χ4v) is 2.78. The Morgan fingerprint density at radius 3 is 2.84 bits per heavy atom. The zero-order valence-corrected chi connectivity index (χ0v) is 11.5. The third kappa shape index (κ3) is 2.30. The van der Waals surface area contributed by atoms with E-state index in [2.05, 4.69) is 28.4 Å². The highest BCUT2D eigenvalue weighted by Gasteiger charge is 2.22. The van der Waals surface area contributed by atoms with E-state index in [4.69, 9.17) is 9.72 Å². The monoisotopic (exact) mass is 260 g/mol. The molecule has 0 atom stereocenters. The molecule has 2 aromatic heterocycles. The first-order valence-electron chi connectivity index (χ1n) is 6.92. The Hall–Kier alpha value is -1.62. The fraction of sp³-hybridized carbons (Fsp3) is 0.571. The van der Waals surface area contributed by atoms with Crippen LogP contribution in [0.2, 0.25) is 0 Å². The summed E-state index contributed by atoms with van der Waals surface area (Å²) in [5.74, 6) is 1.04. The van der Waals surface area contributed by atoms with E-state index >= 15 is 0 Å². The van der Waals surface area contributed by atoms with Gasteiger partial charge in [0.05, 0.1) is 17.8 Å². The number of rotatable bonds is 3. The van der Waals surface area contributed by atoms with Crippen molar-refractivity contribution in [1.29, 1.82) is 0 Å². The van der Waals surface area contributed by atoms with Crippen molar-refractivity contribution in [1.82, 2.24) is 14.5 Å². The Balaban J connectivity index is 1.80. The molecule has 2 aromatic rings. The maximum Gasteiger partial charge on any atom is 0.206 e. The van der Waals surface area contributed by atoms with Crippen LogP contribution >= 0.6 is 0 Å². The number of nitrogens with zero attached hydrogens (tertiary/aromatic N) is 4. The van der Waals surface area contributed by atoms with Gasteiger partial charge in [-0.2, -0.15) is 0 Å². The zero-order chi connectivity index (χ0) is 13.2. The fourth-order valence-electron chi connectivity index (χ4n) is 2.78. The van der Waals surface area contributed by atoms with Gasteiger partial charge in [-0.3, -0.25) is 4.98 Å². The molecule has 19 heavy (non-hydrogen) atoms. The van der Waals surface area contributed by atoms with Gasteiger partial charge in [0, 0.05) is 32.9 Å². The molecule has 0 bridgehead atoms. The minimum Gasteiger partial charge on any atom is -0.378 e. The standard InChI is InChI=1S/C14H20N4O/c1-3-19-11-5-8-18(9-6-11)14-16-12-10-15-7-4-13(12)17(14)2/h4,7,10-11H,3,5-6,8-9H2,1-2H3. The maximum atomic E-state index is 5.69. The number of fused-ring (bicyclic) bond motifs is 1. The maximum absolute atomic E-state index is 5.69. The van der Waals surface area contributed by atoms with Crippen molar-refractivity contribution in [3.8, 4) is 0 Å². The molecule has 3 rings (SSSR count). The topological polar surface area (TPSA) is 43.2 Å². The number of imidazole rings is 1. The van der Waals surface area contributed by atoms with Crippen LogP contribution in [0.15, 0.2) is 18.5 Å². The normalized spacial score (nSPS) is 17.3. The van der Waals surface area contributed by atoms with Gasteiger partial charge in [0.1, 0.15) is 5.52 Å². The average Bonchev–Trinajstić information content (AvgIpc) is 2.78. The molecule has 0 aliphatic carbocycles. The van der Waals surface area contributed by atoms with Gasteiger partial charge < -0.3 is 14.2 Å². The van der Waals surface area contributed by atoms with E-state index in [1.807, 2.05) is 18.5 Å². The molecule has 5 heteroatoms. The first-order chi connectivity index (χ1) is 9.29. The second-order valence-electron chi connectivity index (χ2n) is 4.98. The molecule has 3 heterocycles. The Labute approximate surface area is 113 Å². The van der Waals surface area contributed by atoms with E-state index in [0.717, 1.165) is 49.5 Å². The Bertz CT molecular complexity index is 558. The molecule has 0 N–H and O–H groups in total. The van der Waals surface area contributed by atoms with E-state index in [1.165, 1.54) is 0 Å². The van der Waals surface area contributed by atoms with Crippen LogP contribution in [0.1, 0.15) is 19.8 Å². The van der Waals surface area contributed by atoms with Gasteiger partial charge >= 0.3 is 0 Å². The number of ether oxygens (including phenoxy) is 1. The molecule has 0 saturated carbocycles. The van der Waals surface area contributed by atoms with Crippen LogP contribution in [0.5, 0.6) is 0 Å². The highest BCUT2D eigenvalue weighted by molar-refractivity contribution is 5.77. The second-order valence-corrected chi connectivity index (χ2v) is 4.98. The minimum absolute atomic E-state index is 0.414. The van der Waals surface area contributed by atoms with Crippen LogP contribution in [-0.4, -0.2) is 40.3 Å². The lowest BCUT2D eigenvalue weighted by molar-refractivity contribution is 0.0457. The summed E-state index contributed by atoms with van der Waals surface area (Å²) in [6.45, 7) is 4.89. The van der Waals surface area contributed by atoms with Gasteiger partial charge in [-0.1, -0.05) is 0 Å². The highest BCUT2D eigenvalue weighted by atomic mass is 16.5. The van der Waals surface area contributed by atoms with Crippen molar-refractivity contribution in [3.05, 3.63) is 18.5 Å². The van der Waals surface area contributed by atoms with Crippen molar-refractivity contribution < 1.29 is 4.74 Å². The van der Waals surface area contributed by atoms with Crippen molar-refractivity contribution in [2.24, 2.45) is 7.05 Å². The average molecular weight is 260 g/mol. The molecular weight excluding hydrogens is 240 g/mol. The lowest BCUT2D eigenvalue weighted by atomic mass is 10.1. The summed E-state index contributed by atoms with van der Waals surface area (Å²) in [4.78, 5) is 11.2. The number of aryl methyl sites for hydroxylation is 1. The molecule has 5 nitrogen and oxygen atoms in total. The van der Waals surface area contributed by atoms with Crippen LogP contribution in [-0.2, 0) is 11.8 Å². The molecule has 1 aliphatic rings. The SMILES string of the molecule is CCOC1CCN(c2nc3cnccc3n2C)CC1. The summed E-state index contributed by atoms with van der Waals surface area (Å²) in [7, 11) is 2.07. The molecule has 1 saturated heterocycles. The molecule has 1 aliphatic heterocycles. The molecule has 102 valence electrons. The summed E-state index contributed by atoms with van der Waals surface area (Å²) in [6, 6.07) is 2.01. The summed E-state index contributed by atoms with van der Waals surface area (Å²) in [6.07, 6.45) is 6.21. The van der Waals surface area contributed by atoms with E-state index in [-0.39, 0.29) is 0 Å². The highest BCUT2D eigenvalue weighted by Crippen LogP contribution is 2.24. The number of anilines is 1. The summed E-state index contributed by atoms with van der Waals surface area (Å²) in [5.41, 5.74) is 2.10. The van der Waals surface area contributed by atoms with Crippen molar-refractivity contribution in [2.75, 3.05) is 24.6 Å². The van der Waals surface area contributed by atoms with E-state index in [1.54, 1.807) is 0 Å². The van der Waals surface area contributed by atoms with Crippen molar-refractivity contribution >= 4 is 17.0 Å². The number of piperidine rings is 1. The molecule has 0 amide bonds. The lowest BCUT2D eigenvalue weighted by Gasteiger charge is -2.32. The summed E-state index contributed by atoms with van der Waals surface area (Å²) < 4.78 is 7.84. The molecular formula is C14H20N4O. The minimum atomic E-state index is 0.414. The smallest absolute Gasteiger partial charge is 0.206 e. The van der Waals surface area contributed by atoms with Crippen LogP contribution in [0, 0.1) is 0 Å². The zero-order valence-electron chi connectivity index (χ0n) is 11.5. The van der Waals surface area contributed by atoms with Gasteiger partial charge in [0.15, 0.2) is 0 Å². The molecule has 0 spiro atoms. The van der Waals surface area contributed by atoms with Crippen molar-refractivity contribution in [3.63, 3.8) is 0 Å². The molecule has 0 unspecified atom stereocenters. The number of hydrogen-bond acceptors (Lipinski definition) is 4.